The number of para-hydroxylation sites is 1. The first-order valence-corrected chi connectivity index (χ1v) is 12.3. The molecule has 4 nitrogen and oxygen atoms in total. The van der Waals surface area contributed by atoms with Gasteiger partial charge in [-0.3, -0.25) is 4.79 Å². The fraction of sp³-hybridized carbons (Fsp3) is 0.692. The molecule has 0 saturated heterocycles. The van der Waals surface area contributed by atoms with E-state index >= 15 is 0 Å². The van der Waals surface area contributed by atoms with Crippen LogP contribution in [0.15, 0.2) is 24.3 Å². The molecule has 0 aliphatic rings. The van der Waals surface area contributed by atoms with Crippen molar-refractivity contribution in [2.45, 2.75) is 116 Å². The second-order valence-corrected chi connectivity index (χ2v) is 8.45. The van der Waals surface area contributed by atoms with Crippen LogP contribution in [0, 0.1) is 0 Å². The molecule has 0 fully saturated rings. The van der Waals surface area contributed by atoms with Crippen molar-refractivity contribution in [3.8, 4) is 0 Å². The zero-order valence-corrected chi connectivity index (χ0v) is 19.1. The maximum atomic E-state index is 12.0. The summed E-state index contributed by atoms with van der Waals surface area (Å²) in [6.07, 6.45) is 21.4. The SMILES string of the molecule is CCCCCCCCCCCCCCCCCCC(=O)Nc1ccccc1C(=O)O. The largest absolute Gasteiger partial charge is 0.478 e. The molecule has 2 N–H and O–H groups in total. The Bertz CT molecular complexity index is 585. The minimum Gasteiger partial charge on any atom is -0.478 e. The number of hydrogen-bond acceptors (Lipinski definition) is 2. The van der Waals surface area contributed by atoms with E-state index in [0.717, 1.165) is 12.8 Å². The van der Waals surface area contributed by atoms with Crippen molar-refractivity contribution in [3.05, 3.63) is 29.8 Å². The van der Waals surface area contributed by atoms with E-state index in [1.165, 1.54) is 96.0 Å². The first-order chi connectivity index (χ1) is 14.6. The second-order valence-electron chi connectivity index (χ2n) is 8.45. The average Bonchev–Trinajstić information content (AvgIpc) is 2.73. The number of carbonyl (C=O) groups excluding carboxylic acids is 1. The van der Waals surface area contributed by atoms with E-state index in [2.05, 4.69) is 12.2 Å². The molecule has 0 radical (unpaired) electrons. The molecular formula is C26H43NO3. The molecule has 1 amide bonds. The van der Waals surface area contributed by atoms with Crippen LogP contribution in [0.25, 0.3) is 0 Å². The lowest BCUT2D eigenvalue weighted by atomic mass is 10.0. The number of carbonyl (C=O) groups is 2. The highest BCUT2D eigenvalue weighted by Gasteiger charge is 2.11. The highest BCUT2D eigenvalue weighted by atomic mass is 16.4. The molecule has 0 saturated carbocycles. The third-order valence-corrected chi connectivity index (χ3v) is 5.69. The fourth-order valence-corrected chi connectivity index (χ4v) is 3.82. The summed E-state index contributed by atoms with van der Waals surface area (Å²) in [6, 6.07) is 6.53. The molecule has 1 aromatic carbocycles. The van der Waals surface area contributed by atoms with Gasteiger partial charge < -0.3 is 10.4 Å². The molecule has 0 bridgehead atoms. The van der Waals surface area contributed by atoms with Gasteiger partial charge in [-0.15, -0.1) is 0 Å². The lowest BCUT2D eigenvalue weighted by Gasteiger charge is -2.08. The van der Waals surface area contributed by atoms with Gasteiger partial charge >= 0.3 is 5.97 Å². The van der Waals surface area contributed by atoms with Gasteiger partial charge in [0.05, 0.1) is 11.3 Å². The summed E-state index contributed by atoms with van der Waals surface area (Å²) in [5.41, 5.74) is 0.518. The summed E-state index contributed by atoms with van der Waals surface area (Å²) >= 11 is 0. The zero-order valence-electron chi connectivity index (χ0n) is 19.1. The Morgan fingerprint density at radius 2 is 1.13 bits per heavy atom. The van der Waals surface area contributed by atoms with E-state index in [1.807, 2.05) is 0 Å². The summed E-state index contributed by atoms with van der Waals surface area (Å²) in [5, 5.41) is 11.9. The molecule has 1 rings (SSSR count). The lowest BCUT2D eigenvalue weighted by Crippen LogP contribution is -2.14. The standard InChI is InChI=1S/C26H43NO3/c1-2-3-4-5-6-7-8-9-10-11-12-13-14-15-16-17-22-25(28)27-24-21-19-18-20-23(24)26(29)30/h18-21H,2-17,22H2,1H3,(H,27,28)(H,29,30). The van der Waals surface area contributed by atoms with Crippen LogP contribution in [0.1, 0.15) is 126 Å². The highest BCUT2D eigenvalue weighted by molar-refractivity contribution is 6.00. The number of carboxylic acids is 1. The molecule has 1 aromatic rings. The van der Waals surface area contributed by atoms with Gasteiger partial charge in [0, 0.05) is 6.42 Å². The van der Waals surface area contributed by atoms with Gasteiger partial charge in [0.25, 0.3) is 0 Å². The van der Waals surface area contributed by atoms with Crippen LogP contribution in [-0.4, -0.2) is 17.0 Å². The fourth-order valence-electron chi connectivity index (χ4n) is 3.82. The summed E-state index contributed by atoms with van der Waals surface area (Å²) in [7, 11) is 0. The predicted octanol–water partition coefficient (Wildman–Crippen LogP) is 7.97. The van der Waals surface area contributed by atoms with Crippen molar-refractivity contribution >= 4 is 17.6 Å². The summed E-state index contributed by atoms with van der Waals surface area (Å²) in [5.74, 6) is -1.12. The first kappa shape index (κ1) is 26.2. The van der Waals surface area contributed by atoms with Crippen LogP contribution >= 0.6 is 0 Å². The third kappa shape index (κ3) is 13.4. The van der Waals surface area contributed by atoms with Gasteiger partial charge in [0.1, 0.15) is 0 Å². The number of rotatable bonds is 19. The number of unbranched alkanes of at least 4 members (excludes halogenated alkanes) is 15. The van der Waals surface area contributed by atoms with E-state index in [1.54, 1.807) is 18.2 Å². The number of benzene rings is 1. The molecule has 4 heteroatoms. The molecular weight excluding hydrogens is 374 g/mol. The monoisotopic (exact) mass is 417 g/mol. The Morgan fingerprint density at radius 3 is 1.60 bits per heavy atom. The molecule has 170 valence electrons. The molecule has 0 unspecified atom stereocenters. The minimum absolute atomic E-state index is 0.103. The van der Waals surface area contributed by atoms with Gasteiger partial charge in [0.2, 0.25) is 5.91 Å². The summed E-state index contributed by atoms with van der Waals surface area (Å²) in [6.45, 7) is 2.27. The zero-order chi connectivity index (χ0) is 21.9. The highest BCUT2D eigenvalue weighted by Crippen LogP contribution is 2.17. The minimum atomic E-state index is -1.02. The van der Waals surface area contributed by atoms with Crippen molar-refractivity contribution in [1.29, 1.82) is 0 Å². The number of carboxylic acid groups (broad SMARTS) is 1. The van der Waals surface area contributed by atoms with Crippen molar-refractivity contribution in [3.63, 3.8) is 0 Å². The van der Waals surface area contributed by atoms with Crippen LogP contribution in [0.4, 0.5) is 5.69 Å². The molecule has 30 heavy (non-hydrogen) atoms. The maximum absolute atomic E-state index is 12.0. The lowest BCUT2D eigenvalue weighted by molar-refractivity contribution is -0.116. The number of amides is 1. The predicted molar refractivity (Wildman–Crippen MR) is 126 cm³/mol. The molecule has 0 atom stereocenters. The van der Waals surface area contributed by atoms with Gasteiger partial charge in [-0.25, -0.2) is 4.79 Å². The second kappa shape index (κ2) is 18.0. The van der Waals surface area contributed by atoms with Gasteiger partial charge in [-0.05, 0) is 18.6 Å². The van der Waals surface area contributed by atoms with Gasteiger partial charge in [0.15, 0.2) is 0 Å². The van der Waals surface area contributed by atoms with Gasteiger partial charge in [-0.1, -0.05) is 115 Å². The number of anilines is 1. The topological polar surface area (TPSA) is 66.4 Å². The van der Waals surface area contributed by atoms with Gasteiger partial charge in [-0.2, -0.15) is 0 Å². The first-order valence-electron chi connectivity index (χ1n) is 12.3. The Balaban J connectivity index is 1.90. The smallest absolute Gasteiger partial charge is 0.337 e. The number of aromatic carboxylic acids is 1. The van der Waals surface area contributed by atoms with Crippen molar-refractivity contribution < 1.29 is 14.7 Å². The summed E-state index contributed by atoms with van der Waals surface area (Å²) in [4.78, 5) is 23.2. The Hall–Kier alpha value is -1.84. The quantitative estimate of drug-likeness (QED) is 0.224. The molecule has 0 heterocycles. The van der Waals surface area contributed by atoms with Crippen molar-refractivity contribution in [2.75, 3.05) is 5.32 Å². The van der Waals surface area contributed by atoms with E-state index in [0.29, 0.717) is 12.1 Å². The number of nitrogens with one attached hydrogen (secondary N) is 1. The van der Waals surface area contributed by atoms with Crippen molar-refractivity contribution in [2.24, 2.45) is 0 Å². The van der Waals surface area contributed by atoms with E-state index in [-0.39, 0.29) is 11.5 Å². The van der Waals surface area contributed by atoms with E-state index in [9.17, 15) is 9.59 Å². The molecule has 0 aromatic heterocycles. The average molecular weight is 418 g/mol. The van der Waals surface area contributed by atoms with Crippen LogP contribution < -0.4 is 5.32 Å². The molecule has 0 aliphatic carbocycles. The van der Waals surface area contributed by atoms with Crippen LogP contribution in [0.3, 0.4) is 0 Å². The summed E-state index contributed by atoms with van der Waals surface area (Å²) < 4.78 is 0. The van der Waals surface area contributed by atoms with E-state index < -0.39 is 5.97 Å². The normalized spacial score (nSPS) is 10.8. The molecule has 0 aliphatic heterocycles. The van der Waals surface area contributed by atoms with Crippen LogP contribution in [-0.2, 0) is 4.79 Å². The van der Waals surface area contributed by atoms with Crippen LogP contribution in [0.2, 0.25) is 0 Å². The van der Waals surface area contributed by atoms with E-state index in [4.69, 9.17) is 5.11 Å². The van der Waals surface area contributed by atoms with Crippen LogP contribution in [0.5, 0.6) is 0 Å². The number of hydrogen-bond donors (Lipinski definition) is 2. The third-order valence-electron chi connectivity index (χ3n) is 5.69. The Kier molecular flexibility index (Phi) is 15.7. The Labute approximate surface area is 183 Å². The molecule has 0 spiro atoms. The maximum Gasteiger partial charge on any atom is 0.337 e. The van der Waals surface area contributed by atoms with Crippen molar-refractivity contribution in [1.82, 2.24) is 0 Å². The Morgan fingerprint density at radius 1 is 0.700 bits per heavy atom.